The smallest absolute Gasteiger partial charge is 0.340 e. The van der Waals surface area contributed by atoms with Crippen molar-refractivity contribution in [3.63, 3.8) is 0 Å². The molecule has 6 aliphatic rings. The molecule has 1 saturated heterocycles. The Morgan fingerprint density at radius 2 is 1.86 bits per heavy atom. The number of methoxy groups -OCH3 is 4. The summed E-state index contributed by atoms with van der Waals surface area (Å²) < 4.78 is 31.1. The molecule has 5 aliphatic carbocycles. The lowest BCUT2D eigenvalue weighted by molar-refractivity contribution is -0.320. The highest BCUT2D eigenvalue weighted by Crippen LogP contribution is 2.80. The number of rotatable bonds is 8. The van der Waals surface area contributed by atoms with Crippen LogP contribution in [0, 0.1) is 34.5 Å². The number of carbonyl (C=O) groups excluding carboxylic acids is 1. The summed E-state index contributed by atoms with van der Waals surface area (Å²) in [6.45, 7) is 3.54. The van der Waals surface area contributed by atoms with Gasteiger partial charge in [-0.2, -0.15) is 0 Å². The molecule has 10 heteroatoms. The highest BCUT2D eigenvalue weighted by Gasteiger charge is 2.91. The van der Waals surface area contributed by atoms with Gasteiger partial charge >= 0.3 is 5.97 Å². The quantitative estimate of drug-likeness (QED) is 0.306. The number of benzene rings is 1. The van der Waals surface area contributed by atoms with Crippen LogP contribution in [-0.4, -0.2) is 111 Å². The Hall–Kier alpha value is -1.79. The van der Waals surface area contributed by atoms with Gasteiger partial charge in [0.05, 0.1) is 42.6 Å². The van der Waals surface area contributed by atoms with Crippen LogP contribution >= 0.6 is 0 Å². The first-order valence-electron chi connectivity index (χ1n) is 15.5. The van der Waals surface area contributed by atoms with Crippen molar-refractivity contribution in [3.05, 3.63) is 29.8 Å². The number of piperidine rings is 1. The Bertz CT molecular complexity index is 1250. The Balaban J connectivity index is 1.41. The van der Waals surface area contributed by atoms with E-state index in [0.717, 1.165) is 19.3 Å². The summed E-state index contributed by atoms with van der Waals surface area (Å²) in [6.07, 6.45) is 1.22. The van der Waals surface area contributed by atoms with Crippen LogP contribution in [0.5, 0.6) is 0 Å². The maximum atomic E-state index is 13.4. The topological polar surface area (TPSA) is 133 Å². The number of carbonyl (C=O) groups is 1. The molecule has 4 N–H and O–H groups in total. The number of ether oxygens (including phenoxy) is 5. The zero-order valence-electron chi connectivity index (χ0n) is 25.3. The molecule has 42 heavy (non-hydrogen) atoms. The van der Waals surface area contributed by atoms with E-state index in [1.807, 2.05) is 0 Å². The van der Waals surface area contributed by atoms with Gasteiger partial charge in [0.1, 0.15) is 11.2 Å². The van der Waals surface area contributed by atoms with Crippen molar-refractivity contribution in [2.75, 3.05) is 53.9 Å². The van der Waals surface area contributed by atoms with Crippen LogP contribution < -0.4 is 5.73 Å². The molecule has 1 heterocycles. The number of aliphatic hydroxyl groups is 2. The molecule has 7 bridgehead atoms. The monoisotopic (exact) mass is 586 g/mol. The molecule has 6 fully saturated rings. The van der Waals surface area contributed by atoms with Crippen LogP contribution in [0.1, 0.15) is 43.0 Å². The predicted molar refractivity (Wildman–Crippen MR) is 153 cm³/mol. The standard InChI is InChI=1S/C32H46N2O8/c1-6-34-15-29(16-42-27(35)17-9-7-8-10-20(17)33)12-11-22(39-3)31-19-13-18-21(38-2)14-30(36,23(19)24(18)40-4)32(37,28(31)34)26(41-5)25(29)31/h7-10,18-19,21-26,28,36-37H,6,11-16,33H2,1-5H3/t18-,19-,21+,22?,23?,24+,25-,26+,28-,29+,30-,31?,32-/m1/s1. The van der Waals surface area contributed by atoms with Crippen molar-refractivity contribution in [2.24, 2.45) is 34.5 Å². The minimum Gasteiger partial charge on any atom is -0.461 e. The lowest BCUT2D eigenvalue weighted by Crippen LogP contribution is -2.82. The highest BCUT2D eigenvalue weighted by molar-refractivity contribution is 5.95. The second kappa shape index (κ2) is 9.60. The van der Waals surface area contributed by atoms with E-state index in [2.05, 4.69) is 11.8 Å². The largest absolute Gasteiger partial charge is 0.461 e. The molecule has 232 valence electrons. The number of nitrogen functional groups attached to an aromatic ring is 1. The van der Waals surface area contributed by atoms with Crippen molar-refractivity contribution < 1.29 is 38.7 Å². The number of esters is 1. The zero-order chi connectivity index (χ0) is 29.8. The molecule has 7 rings (SSSR count). The number of hydrogen-bond acceptors (Lipinski definition) is 10. The molecule has 0 amide bonds. The number of hydrogen-bond donors (Lipinski definition) is 3. The van der Waals surface area contributed by atoms with E-state index in [1.165, 1.54) is 0 Å². The Morgan fingerprint density at radius 3 is 2.50 bits per heavy atom. The number of likely N-dealkylation sites (tertiary alicyclic amines) is 1. The maximum absolute atomic E-state index is 13.4. The van der Waals surface area contributed by atoms with E-state index >= 15 is 0 Å². The normalized spacial score (nSPS) is 50.1. The predicted octanol–water partition coefficient (Wildman–Crippen LogP) is 1.72. The molecular weight excluding hydrogens is 540 g/mol. The van der Waals surface area contributed by atoms with Gasteiger partial charge in [-0.25, -0.2) is 4.79 Å². The van der Waals surface area contributed by atoms with Gasteiger partial charge in [0.2, 0.25) is 0 Å². The minimum absolute atomic E-state index is 0.00697. The molecule has 1 aromatic rings. The fourth-order valence-electron chi connectivity index (χ4n) is 12.0. The Kier molecular flexibility index (Phi) is 6.62. The van der Waals surface area contributed by atoms with Gasteiger partial charge in [0.25, 0.3) is 0 Å². The molecule has 5 saturated carbocycles. The van der Waals surface area contributed by atoms with Crippen LogP contribution in [-0.2, 0) is 23.7 Å². The van der Waals surface area contributed by atoms with Gasteiger partial charge < -0.3 is 39.6 Å². The molecule has 1 aromatic carbocycles. The van der Waals surface area contributed by atoms with Crippen LogP contribution in [0.25, 0.3) is 0 Å². The summed E-state index contributed by atoms with van der Waals surface area (Å²) in [5.74, 6) is -0.892. The van der Waals surface area contributed by atoms with Gasteiger partial charge in [-0.15, -0.1) is 0 Å². The van der Waals surface area contributed by atoms with Crippen molar-refractivity contribution in [3.8, 4) is 0 Å². The van der Waals surface area contributed by atoms with Crippen LogP contribution in [0.2, 0.25) is 0 Å². The number of nitrogens with two attached hydrogens (primary N) is 1. The van der Waals surface area contributed by atoms with E-state index in [9.17, 15) is 15.0 Å². The van der Waals surface area contributed by atoms with E-state index in [1.54, 1.807) is 52.7 Å². The van der Waals surface area contributed by atoms with Gasteiger partial charge in [0.15, 0.2) is 0 Å². The van der Waals surface area contributed by atoms with E-state index < -0.39 is 40.1 Å². The summed E-state index contributed by atoms with van der Waals surface area (Å²) in [4.78, 5) is 15.7. The molecule has 13 atom stereocenters. The maximum Gasteiger partial charge on any atom is 0.340 e. The van der Waals surface area contributed by atoms with Crippen molar-refractivity contribution in [1.82, 2.24) is 4.90 Å². The average molecular weight is 587 g/mol. The highest BCUT2D eigenvalue weighted by atomic mass is 16.5. The lowest BCUT2D eigenvalue weighted by Gasteiger charge is -2.70. The third-order valence-electron chi connectivity index (χ3n) is 13.0. The average Bonchev–Trinajstić information content (AvgIpc) is 3.41. The number of anilines is 1. The van der Waals surface area contributed by atoms with E-state index in [0.29, 0.717) is 30.8 Å². The molecule has 1 aliphatic heterocycles. The second-order valence-corrected chi connectivity index (χ2v) is 13.8. The first kappa shape index (κ1) is 29.0. The molecule has 10 nitrogen and oxygen atoms in total. The molecule has 0 aromatic heterocycles. The van der Waals surface area contributed by atoms with Crippen LogP contribution in [0.15, 0.2) is 24.3 Å². The fraction of sp³-hybridized carbons (Fsp3) is 0.781. The van der Waals surface area contributed by atoms with Gasteiger partial charge in [-0.1, -0.05) is 19.1 Å². The van der Waals surface area contributed by atoms with Crippen molar-refractivity contribution in [1.29, 1.82) is 0 Å². The third-order valence-corrected chi connectivity index (χ3v) is 13.0. The van der Waals surface area contributed by atoms with Gasteiger partial charge in [0, 0.05) is 75.7 Å². The molecule has 3 unspecified atom stereocenters. The number of nitrogens with zero attached hydrogens (tertiary/aromatic N) is 1. The fourth-order valence-corrected chi connectivity index (χ4v) is 12.0. The van der Waals surface area contributed by atoms with Gasteiger partial charge in [-0.05, 0) is 43.9 Å². The molecule has 1 spiro atoms. The van der Waals surface area contributed by atoms with Gasteiger partial charge in [-0.3, -0.25) is 4.90 Å². The third kappa shape index (κ3) is 3.12. The SMILES string of the molecule is CCN1C[C@]2(COC(=O)c3ccccc3N)CCC(OC)C34[C@@H]5C[C@@H]6[C@@H](OC)C[C@@](O)(C5[C@H]6OC)[C@](O)([C@H]13)[C@@H](OC)[C@@H]42. The van der Waals surface area contributed by atoms with Crippen molar-refractivity contribution >= 4 is 11.7 Å². The minimum atomic E-state index is -1.62. The van der Waals surface area contributed by atoms with Crippen molar-refractivity contribution in [2.45, 2.75) is 74.3 Å². The summed E-state index contributed by atoms with van der Waals surface area (Å²) in [7, 11) is 6.80. The van der Waals surface area contributed by atoms with Crippen LogP contribution in [0.3, 0.4) is 0 Å². The van der Waals surface area contributed by atoms with Crippen LogP contribution in [0.4, 0.5) is 5.69 Å². The molecule has 0 radical (unpaired) electrons. The summed E-state index contributed by atoms with van der Waals surface area (Å²) in [6, 6.07) is 6.55. The number of fused-ring (bicyclic) bond motifs is 2. The number of para-hydroxylation sites is 1. The van der Waals surface area contributed by atoms with E-state index in [4.69, 9.17) is 29.4 Å². The first-order valence-corrected chi connectivity index (χ1v) is 15.5. The Labute approximate surface area is 247 Å². The second-order valence-electron chi connectivity index (χ2n) is 13.8. The number of likely N-dealkylation sites (N-methyl/N-ethyl adjacent to an activating group) is 1. The summed E-state index contributed by atoms with van der Waals surface area (Å²) in [5, 5.41) is 26.3. The zero-order valence-corrected chi connectivity index (χ0v) is 25.3. The first-order chi connectivity index (χ1) is 20.1. The lowest BCUT2D eigenvalue weighted by atomic mass is 9.42. The Morgan fingerprint density at radius 1 is 1.10 bits per heavy atom. The summed E-state index contributed by atoms with van der Waals surface area (Å²) >= 11 is 0. The molecular formula is C32H46N2O8. The summed E-state index contributed by atoms with van der Waals surface area (Å²) in [5.41, 5.74) is 2.65. The van der Waals surface area contributed by atoms with E-state index in [-0.39, 0.29) is 48.6 Å².